The predicted molar refractivity (Wildman–Crippen MR) is 58.0 cm³/mol. The lowest BCUT2D eigenvalue weighted by Gasteiger charge is -2.35. The Balaban J connectivity index is 2.13. The largest absolute Gasteiger partial charge is 0.306 e. The summed E-state index contributed by atoms with van der Waals surface area (Å²) in [4.78, 5) is 4.81. The molecule has 0 atom stereocenters. The van der Waals surface area contributed by atoms with Crippen molar-refractivity contribution >= 4 is 0 Å². The monoisotopic (exact) mass is 195 g/mol. The summed E-state index contributed by atoms with van der Waals surface area (Å²) < 4.78 is 0. The van der Waals surface area contributed by atoms with Gasteiger partial charge >= 0.3 is 0 Å². The summed E-state index contributed by atoms with van der Waals surface area (Å²) in [7, 11) is 4.33. The maximum Gasteiger partial charge on any atom is 0.0622 e. The summed E-state index contributed by atoms with van der Waals surface area (Å²) in [5.41, 5.74) is 0. The van der Waals surface area contributed by atoms with E-state index in [2.05, 4.69) is 30.0 Å². The van der Waals surface area contributed by atoms with Crippen LogP contribution in [0.1, 0.15) is 25.7 Å². The van der Waals surface area contributed by atoms with Gasteiger partial charge in [-0.3, -0.25) is 0 Å². The SMILES string of the molecule is CN(C)C1CCN(CCCC#N)CC1. The summed E-state index contributed by atoms with van der Waals surface area (Å²) in [5, 5.41) is 8.44. The zero-order valence-electron chi connectivity index (χ0n) is 9.37. The average Bonchev–Trinajstić information content (AvgIpc) is 2.19. The third-order valence-electron chi connectivity index (χ3n) is 3.05. The van der Waals surface area contributed by atoms with Crippen molar-refractivity contribution in [2.75, 3.05) is 33.7 Å². The number of rotatable bonds is 4. The topological polar surface area (TPSA) is 30.3 Å². The first-order chi connectivity index (χ1) is 6.74. The van der Waals surface area contributed by atoms with E-state index < -0.39 is 0 Å². The summed E-state index contributed by atoms with van der Waals surface area (Å²) >= 11 is 0. The second-order valence-corrected chi connectivity index (χ2v) is 4.30. The summed E-state index contributed by atoms with van der Waals surface area (Å²) in [6.07, 6.45) is 4.29. The summed E-state index contributed by atoms with van der Waals surface area (Å²) in [6, 6.07) is 2.97. The van der Waals surface area contributed by atoms with Crippen LogP contribution in [-0.4, -0.2) is 49.6 Å². The molecule has 3 heteroatoms. The van der Waals surface area contributed by atoms with Gasteiger partial charge in [0.1, 0.15) is 0 Å². The Bertz CT molecular complexity index is 187. The van der Waals surface area contributed by atoms with Gasteiger partial charge in [-0.05, 0) is 53.0 Å². The average molecular weight is 195 g/mol. The number of likely N-dealkylation sites (tertiary alicyclic amines) is 1. The molecule has 0 aromatic carbocycles. The lowest BCUT2D eigenvalue weighted by atomic mass is 10.0. The van der Waals surface area contributed by atoms with Crippen LogP contribution in [0.25, 0.3) is 0 Å². The molecule has 0 bridgehead atoms. The van der Waals surface area contributed by atoms with E-state index in [1.807, 2.05) is 0 Å². The third-order valence-corrected chi connectivity index (χ3v) is 3.05. The van der Waals surface area contributed by atoms with Crippen LogP contribution in [0, 0.1) is 11.3 Å². The molecular weight excluding hydrogens is 174 g/mol. The molecule has 0 unspecified atom stereocenters. The molecule has 0 aliphatic carbocycles. The second kappa shape index (κ2) is 6.00. The number of nitrogens with zero attached hydrogens (tertiary/aromatic N) is 3. The zero-order chi connectivity index (χ0) is 10.4. The van der Waals surface area contributed by atoms with E-state index >= 15 is 0 Å². The van der Waals surface area contributed by atoms with E-state index in [9.17, 15) is 0 Å². The molecule has 0 aromatic rings. The smallest absolute Gasteiger partial charge is 0.0622 e. The summed E-state index contributed by atoms with van der Waals surface area (Å²) in [5.74, 6) is 0. The van der Waals surface area contributed by atoms with Crippen LogP contribution in [0.2, 0.25) is 0 Å². The van der Waals surface area contributed by atoms with Gasteiger partial charge in [-0.2, -0.15) is 5.26 Å². The van der Waals surface area contributed by atoms with E-state index in [1.54, 1.807) is 0 Å². The van der Waals surface area contributed by atoms with Crippen molar-refractivity contribution in [2.45, 2.75) is 31.7 Å². The Morgan fingerprint density at radius 1 is 1.36 bits per heavy atom. The van der Waals surface area contributed by atoms with Gasteiger partial charge in [0.25, 0.3) is 0 Å². The van der Waals surface area contributed by atoms with E-state index in [1.165, 1.54) is 25.9 Å². The summed E-state index contributed by atoms with van der Waals surface area (Å²) in [6.45, 7) is 3.51. The van der Waals surface area contributed by atoms with Gasteiger partial charge in [0.05, 0.1) is 6.07 Å². The van der Waals surface area contributed by atoms with Crippen molar-refractivity contribution < 1.29 is 0 Å². The lowest BCUT2D eigenvalue weighted by Crippen LogP contribution is -2.42. The molecule has 0 N–H and O–H groups in total. The first kappa shape index (κ1) is 11.5. The Morgan fingerprint density at radius 2 is 2.00 bits per heavy atom. The lowest BCUT2D eigenvalue weighted by molar-refractivity contribution is 0.144. The van der Waals surface area contributed by atoms with Crippen molar-refractivity contribution in [1.82, 2.24) is 9.80 Å². The minimum Gasteiger partial charge on any atom is -0.306 e. The van der Waals surface area contributed by atoms with Crippen LogP contribution in [-0.2, 0) is 0 Å². The molecule has 1 heterocycles. The molecule has 80 valence electrons. The van der Waals surface area contributed by atoms with Gasteiger partial charge in [-0.15, -0.1) is 0 Å². The molecular formula is C11H21N3. The van der Waals surface area contributed by atoms with Crippen LogP contribution in [0.3, 0.4) is 0 Å². The highest BCUT2D eigenvalue weighted by atomic mass is 15.2. The van der Waals surface area contributed by atoms with Gasteiger partial charge in [0.15, 0.2) is 0 Å². The van der Waals surface area contributed by atoms with Crippen molar-refractivity contribution in [2.24, 2.45) is 0 Å². The van der Waals surface area contributed by atoms with Crippen molar-refractivity contribution in [1.29, 1.82) is 5.26 Å². The first-order valence-corrected chi connectivity index (χ1v) is 5.49. The van der Waals surface area contributed by atoms with Crippen LogP contribution < -0.4 is 0 Å². The Labute approximate surface area is 87.3 Å². The number of hydrogen-bond donors (Lipinski definition) is 0. The molecule has 0 spiro atoms. The molecule has 1 saturated heterocycles. The number of unbranched alkanes of at least 4 members (excludes halogenated alkanes) is 1. The minimum atomic E-state index is 0.702. The molecule has 0 saturated carbocycles. The Kier molecular flexibility index (Phi) is 4.92. The fraction of sp³-hybridized carbons (Fsp3) is 0.909. The first-order valence-electron chi connectivity index (χ1n) is 5.49. The van der Waals surface area contributed by atoms with Crippen molar-refractivity contribution in [3.05, 3.63) is 0 Å². The van der Waals surface area contributed by atoms with E-state index in [-0.39, 0.29) is 0 Å². The van der Waals surface area contributed by atoms with Crippen LogP contribution in [0.5, 0.6) is 0 Å². The van der Waals surface area contributed by atoms with Gasteiger partial charge < -0.3 is 9.80 Å². The highest BCUT2D eigenvalue weighted by Crippen LogP contribution is 2.14. The number of hydrogen-bond acceptors (Lipinski definition) is 3. The molecule has 1 fully saturated rings. The molecule has 0 aromatic heterocycles. The maximum absolute atomic E-state index is 8.44. The molecule has 1 aliphatic rings. The molecule has 0 amide bonds. The highest BCUT2D eigenvalue weighted by molar-refractivity contribution is 4.78. The highest BCUT2D eigenvalue weighted by Gasteiger charge is 2.19. The molecule has 0 radical (unpaired) electrons. The van der Waals surface area contributed by atoms with Gasteiger partial charge in [-0.1, -0.05) is 0 Å². The molecule has 14 heavy (non-hydrogen) atoms. The maximum atomic E-state index is 8.44. The predicted octanol–water partition coefficient (Wildman–Crippen LogP) is 1.32. The van der Waals surface area contributed by atoms with Crippen LogP contribution in [0.15, 0.2) is 0 Å². The van der Waals surface area contributed by atoms with Crippen LogP contribution >= 0.6 is 0 Å². The van der Waals surface area contributed by atoms with Gasteiger partial charge in [-0.25, -0.2) is 0 Å². The second-order valence-electron chi connectivity index (χ2n) is 4.30. The van der Waals surface area contributed by atoms with Crippen molar-refractivity contribution in [3.63, 3.8) is 0 Å². The van der Waals surface area contributed by atoms with Gasteiger partial charge in [0.2, 0.25) is 0 Å². The molecule has 1 aliphatic heterocycles. The number of piperidine rings is 1. The van der Waals surface area contributed by atoms with E-state index in [4.69, 9.17) is 5.26 Å². The van der Waals surface area contributed by atoms with E-state index in [0.717, 1.165) is 19.0 Å². The minimum absolute atomic E-state index is 0.702. The molecule has 1 rings (SSSR count). The zero-order valence-corrected chi connectivity index (χ0v) is 9.37. The van der Waals surface area contributed by atoms with Gasteiger partial charge in [0, 0.05) is 12.5 Å². The fourth-order valence-electron chi connectivity index (χ4n) is 2.04. The van der Waals surface area contributed by atoms with Crippen molar-refractivity contribution in [3.8, 4) is 6.07 Å². The van der Waals surface area contributed by atoms with Crippen LogP contribution in [0.4, 0.5) is 0 Å². The Hall–Kier alpha value is -0.590. The van der Waals surface area contributed by atoms with E-state index in [0.29, 0.717) is 6.42 Å². The quantitative estimate of drug-likeness (QED) is 0.634. The normalized spacial score (nSPS) is 19.9. The molecule has 3 nitrogen and oxygen atoms in total. The fourth-order valence-corrected chi connectivity index (χ4v) is 2.04. The third kappa shape index (κ3) is 3.65. The standard InChI is InChI=1S/C11H21N3/c1-13(2)11-5-9-14(10-6-11)8-4-3-7-12/h11H,3-6,8-10H2,1-2H3. The Morgan fingerprint density at radius 3 is 2.50 bits per heavy atom. The number of nitriles is 1.